The first kappa shape index (κ1) is 13.2. The fourth-order valence-electron chi connectivity index (χ4n) is 1.23. The molecule has 0 saturated heterocycles. The molecule has 0 aliphatic carbocycles. The molecule has 6 N–H and O–H groups in total. The Morgan fingerprint density at radius 3 is 2.76 bits per heavy atom. The Morgan fingerprint density at radius 2 is 2.18 bits per heavy atom. The predicted octanol–water partition coefficient (Wildman–Crippen LogP) is -0.238. The van der Waals surface area contributed by atoms with Gasteiger partial charge in [-0.05, 0) is 18.0 Å². The maximum Gasteiger partial charge on any atom is 0.257 e. The van der Waals surface area contributed by atoms with Crippen molar-refractivity contribution in [3.8, 4) is 0 Å². The third-order valence-electron chi connectivity index (χ3n) is 2.06. The van der Waals surface area contributed by atoms with Crippen molar-refractivity contribution in [2.45, 2.75) is 12.8 Å². The number of aromatic nitrogens is 1. The van der Waals surface area contributed by atoms with Crippen LogP contribution >= 0.6 is 11.5 Å². The monoisotopic (exact) mass is 257 g/mol. The van der Waals surface area contributed by atoms with Crippen LogP contribution in [-0.2, 0) is 4.79 Å². The molecule has 0 aliphatic rings. The predicted molar refractivity (Wildman–Crippen MR) is 66.8 cm³/mol. The third-order valence-corrected chi connectivity index (χ3v) is 2.88. The zero-order chi connectivity index (χ0) is 12.8. The highest BCUT2D eigenvalue weighted by Gasteiger charge is 2.17. The number of hydrogen-bond acceptors (Lipinski definition) is 6. The molecule has 0 radical (unpaired) electrons. The molecule has 1 aromatic heterocycles. The Balaban J connectivity index is 2.59. The second kappa shape index (κ2) is 6.04. The summed E-state index contributed by atoms with van der Waals surface area (Å²) >= 11 is 1.12. The van der Waals surface area contributed by atoms with Gasteiger partial charge < -0.3 is 22.1 Å². The van der Waals surface area contributed by atoms with E-state index >= 15 is 0 Å². The molecular formula is C9H15N5O2S. The van der Waals surface area contributed by atoms with E-state index in [0.717, 1.165) is 11.5 Å². The number of carbonyl (C=O) groups is 2. The molecule has 0 aromatic carbocycles. The molecule has 2 amide bonds. The van der Waals surface area contributed by atoms with E-state index in [-0.39, 0.29) is 17.6 Å². The standard InChI is InChI=1S/C9H15N5O2S/c1-12-8(16)6-7(11)14-17-9(6)13-4-2-3-5(10)15/h13H,2-4H2,1H3,(H2,10,15)(H2,11,14)(H,12,16). The topological polar surface area (TPSA) is 123 Å². The summed E-state index contributed by atoms with van der Waals surface area (Å²) in [7, 11) is 1.52. The van der Waals surface area contributed by atoms with E-state index in [1.165, 1.54) is 7.05 Å². The lowest BCUT2D eigenvalue weighted by atomic mass is 10.2. The van der Waals surface area contributed by atoms with Crippen molar-refractivity contribution in [3.05, 3.63) is 5.56 Å². The molecule has 7 nitrogen and oxygen atoms in total. The minimum absolute atomic E-state index is 0.201. The van der Waals surface area contributed by atoms with E-state index in [1.54, 1.807) is 0 Å². The van der Waals surface area contributed by atoms with Crippen molar-refractivity contribution in [3.63, 3.8) is 0 Å². The number of rotatable bonds is 6. The Morgan fingerprint density at radius 1 is 1.47 bits per heavy atom. The number of nitrogens with zero attached hydrogens (tertiary/aromatic N) is 1. The van der Waals surface area contributed by atoms with Crippen molar-refractivity contribution in [2.24, 2.45) is 5.73 Å². The van der Waals surface area contributed by atoms with Gasteiger partial charge in [0.15, 0.2) is 5.82 Å². The van der Waals surface area contributed by atoms with E-state index in [2.05, 4.69) is 15.0 Å². The second-order valence-corrected chi connectivity index (χ2v) is 4.12. The highest BCUT2D eigenvalue weighted by atomic mass is 32.1. The molecule has 0 saturated carbocycles. The average molecular weight is 257 g/mol. The van der Waals surface area contributed by atoms with Crippen molar-refractivity contribution < 1.29 is 9.59 Å². The number of amides is 2. The van der Waals surface area contributed by atoms with Crippen molar-refractivity contribution in [1.82, 2.24) is 9.69 Å². The fraction of sp³-hybridized carbons (Fsp3) is 0.444. The van der Waals surface area contributed by atoms with E-state index in [1.807, 2.05) is 0 Å². The first-order chi connectivity index (χ1) is 8.06. The average Bonchev–Trinajstić information content (AvgIpc) is 2.65. The Hall–Kier alpha value is -1.83. The number of carbonyl (C=O) groups excluding carboxylic acids is 2. The van der Waals surface area contributed by atoms with Gasteiger partial charge in [0.2, 0.25) is 5.91 Å². The molecule has 0 unspecified atom stereocenters. The van der Waals surface area contributed by atoms with Crippen molar-refractivity contribution in [1.29, 1.82) is 0 Å². The number of nitrogens with one attached hydrogen (secondary N) is 2. The van der Waals surface area contributed by atoms with Crippen LogP contribution in [0.2, 0.25) is 0 Å². The molecular weight excluding hydrogens is 242 g/mol. The maximum absolute atomic E-state index is 11.5. The minimum Gasteiger partial charge on any atom is -0.382 e. The summed E-state index contributed by atoms with van der Waals surface area (Å²) < 4.78 is 3.90. The lowest BCUT2D eigenvalue weighted by molar-refractivity contribution is -0.118. The number of anilines is 2. The van der Waals surface area contributed by atoms with Gasteiger partial charge in [-0.15, -0.1) is 0 Å². The molecule has 94 valence electrons. The van der Waals surface area contributed by atoms with Crippen LogP contribution in [0.3, 0.4) is 0 Å². The van der Waals surface area contributed by atoms with E-state index in [4.69, 9.17) is 11.5 Å². The second-order valence-electron chi connectivity index (χ2n) is 3.35. The molecule has 0 bridgehead atoms. The number of hydrogen-bond donors (Lipinski definition) is 4. The van der Waals surface area contributed by atoms with Gasteiger partial charge in [-0.3, -0.25) is 9.59 Å². The van der Waals surface area contributed by atoms with Gasteiger partial charge in [-0.2, -0.15) is 4.37 Å². The van der Waals surface area contributed by atoms with Crippen molar-refractivity contribution in [2.75, 3.05) is 24.6 Å². The Bertz CT molecular complexity index is 418. The smallest absolute Gasteiger partial charge is 0.257 e. The lowest BCUT2D eigenvalue weighted by Gasteiger charge is -2.05. The van der Waals surface area contributed by atoms with Gasteiger partial charge in [0.25, 0.3) is 5.91 Å². The summed E-state index contributed by atoms with van der Waals surface area (Å²) in [4.78, 5) is 22.1. The number of nitrogens with two attached hydrogens (primary N) is 2. The van der Waals surface area contributed by atoms with Crippen molar-refractivity contribution >= 4 is 34.2 Å². The quantitative estimate of drug-likeness (QED) is 0.524. The Kier molecular flexibility index (Phi) is 4.70. The molecule has 8 heteroatoms. The number of nitrogen functional groups attached to an aromatic ring is 1. The minimum atomic E-state index is -0.345. The molecule has 0 fully saturated rings. The van der Waals surface area contributed by atoms with Gasteiger partial charge >= 0.3 is 0 Å². The highest BCUT2D eigenvalue weighted by molar-refractivity contribution is 7.11. The van der Waals surface area contributed by atoms with E-state index in [9.17, 15) is 9.59 Å². The van der Waals surface area contributed by atoms with E-state index in [0.29, 0.717) is 30.0 Å². The SMILES string of the molecule is CNC(=O)c1c(N)nsc1NCCCC(N)=O. The summed E-state index contributed by atoms with van der Waals surface area (Å²) in [5.74, 6) is -0.428. The fourth-order valence-corrected chi connectivity index (χ4v) is 1.97. The van der Waals surface area contributed by atoms with Gasteiger partial charge in [0, 0.05) is 20.0 Å². The Labute approximate surface area is 103 Å². The van der Waals surface area contributed by atoms with Crippen LogP contribution in [0.1, 0.15) is 23.2 Å². The molecule has 0 aliphatic heterocycles. The third kappa shape index (κ3) is 3.59. The first-order valence-electron chi connectivity index (χ1n) is 5.05. The molecule has 1 aromatic rings. The summed E-state index contributed by atoms with van der Waals surface area (Å²) in [6, 6.07) is 0. The summed E-state index contributed by atoms with van der Waals surface area (Å²) in [6.07, 6.45) is 0.900. The van der Waals surface area contributed by atoms with Crippen LogP contribution in [0.4, 0.5) is 10.8 Å². The molecule has 17 heavy (non-hydrogen) atoms. The molecule has 1 rings (SSSR count). The normalized spacial score (nSPS) is 9.94. The van der Waals surface area contributed by atoms with Crippen LogP contribution in [0.15, 0.2) is 0 Å². The molecule has 1 heterocycles. The zero-order valence-corrected chi connectivity index (χ0v) is 10.3. The van der Waals surface area contributed by atoms with Crippen LogP contribution < -0.4 is 22.1 Å². The van der Waals surface area contributed by atoms with E-state index < -0.39 is 0 Å². The highest BCUT2D eigenvalue weighted by Crippen LogP contribution is 2.26. The molecule has 0 spiro atoms. The maximum atomic E-state index is 11.5. The van der Waals surface area contributed by atoms with Crippen LogP contribution in [0.5, 0.6) is 0 Å². The van der Waals surface area contributed by atoms with Gasteiger partial charge in [-0.1, -0.05) is 0 Å². The largest absolute Gasteiger partial charge is 0.382 e. The number of primary amides is 1. The molecule has 0 atom stereocenters. The first-order valence-corrected chi connectivity index (χ1v) is 5.83. The van der Waals surface area contributed by atoms with Crippen LogP contribution in [0, 0.1) is 0 Å². The van der Waals surface area contributed by atoms with Crippen LogP contribution in [-0.4, -0.2) is 29.8 Å². The van der Waals surface area contributed by atoms with Gasteiger partial charge in [0.05, 0.1) is 0 Å². The summed E-state index contributed by atoms with van der Waals surface area (Å²) in [5, 5.41) is 6.11. The lowest BCUT2D eigenvalue weighted by Crippen LogP contribution is -2.20. The van der Waals surface area contributed by atoms with Gasteiger partial charge in [0.1, 0.15) is 10.6 Å². The van der Waals surface area contributed by atoms with Gasteiger partial charge in [-0.25, -0.2) is 0 Å². The zero-order valence-electron chi connectivity index (χ0n) is 9.45. The summed E-state index contributed by atoms with van der Waals surface area (Å²) in [6.45, 7) is 0.536. The van der Waals surface area contributed by atoms with Crippen LogP contribution in [0.25, 0.3) is 0 Å². The summed E-state index contributed by atoms with van der Waals surface area (Å²) in [5.41, 5.74) is 11.0.